The number of hydrogen-bond acceptors (Lipinski definition) is 6. The largest absolute Gasteiger partial charge is 0.353 e. The number of nitrogens with one attached hydrogen (secondary N) is 1. The highest BCUT2D eigenvalue weighted by molar-refractivity contribution is 7.09. The van der Waals surface area contributed by atoms with Crippen molar-refractivity contribution >= 4 is 23.1 Å². The second-order valence-corrected chi connectivity index (χ2v) is 7.84. The van der Waals surface area contributed by atoms with Crippen molar-refractivity contribution in [2.45, 2.75) is 38.3 Å². The molecule has 0 aromatic carbocycles. The van der Waals surface area contributed by atoms with Crippen LogP contribution in [0.15, 0.2) is 29.9 Å². The molecule has 1 fully saturated rings. The predicted octanol–water partition coefficient (Wildman–Crippen LogP) is 2.78. The maximum atomic E-state index is 12.3. The smallest absolute Gasteiger partial charge is 0.252 e. The van der Waals surface area contributed by atoms with Gasteiger partial charge in [0, 0.05) is 37.4 Å². The Morgan fingerprint density at radius 2 is 2.27 bits per heavy atom. The molecular weight excluding hydrogens is 346 g/mol. The zero-order valence-corrected chi connectivity index (χ0v) is 16.3. The van der Waals surface area contributed by atoms with Crippen LogP contribution in [0, 0.1) is 0 Å². The average Bonchev–Trinajstić information content (AvgIpc) is 3.16. The lowest BCUT2D eigenvalue weighted by molar-refractivity contribution is 0.0945. The second-order valence-electron chi connectivity index (χ2n) is 6.86. The maximum absolute atomic E-state index is 12.3. The fraction of sp³-hybridized carbons (Fsp3) is 0.526. The molecule has 0 radical (unpaired) electrons. The molecule has 1 atom stereocenters. The number of piperidine rings is 1. The number of amides is 1. The Bertz CT molecular complexity index is 688. The van der Waals surface area contributed by atoms with Crippen molar-refractivity contribution in [3.8, 4) is 0 Å². The van der Waals surface area contributed by atoms with Crippen LogP contribution in [0.2, 0.25) is 0 Å². The van der Waals surface area contributed by atoms with Crippen LogP contribution in [0.1, 0.15) is 41.0 Å². The Hall–Kier alpha value is -1.99. The number of pyridine rings is 1. The first-order valence-electron chi connectivity index (χ1n) is 9.17. The molecule has 3 heterocycles. The molecule has 0 spiro atoms. The number of rotatable bonds is 7. The summed E-state index contributed by atoms with van der Waals surface area (Å²) in [5.74, 6) is 0.783. The zero-order valence-electron chi connectivity index (χ0n) is 15.5. The Morgan fingerprint density at radius 3 is 2.96 bits per heavy atom. The molecule has 1 amide bonds. The van der Waals surface area contributed by atoms with Crippen molar-refractivity contribution in [3.63, 3.8) is 0 Å². The molecule has 0 unspecified atom stereocenters. The van der Waals surface area contributed by atoms with Crippen LogP contribution in [-0.4, -0.2) is 54.0 Å². The molecule has 1 saturated heterocycles. The minimum Gasteiger partial charge on any atom is -0.353 e. The Labute approximate surface area is 159 Å². The lowest BCUT2D eigenvalue weighted by Crippen LogP contribution is -2.39. The van der Waals surface area contributed by atoms with Crippen molar-refractivity contribution < 1.29 is 4.79 Å². The van der Waals surface area contributed by atoms with E-state index in [0.717, 1.165) is 17.2 Å². The normalized spacial score (nSPS) is 17.8. The quantitative estimate of drug-likeness (QED) is 0.809. The SMILES string of the molecule is CN(Cc1nccs1)c1ccc(C(=O)NCC[C@@H]2CCCCN2C)cn1. The third-order valence-corrected chi connectivity index (χ3v) is 5.71. The lowest BCUT2D eigenvalue weighted by Gasteiger charge is -2.32. The number of anilines is 1. The van der Waals surface area contributed by atoms with E-state index in [2.05, 4.69) is 27.2 Å². The molecule has 0 saturated carbocycles. The molecule has 3 rings (SSSR count). The van der Waals surface area contributed by atoms with Gasteiger partial charge in [0.05, 0.1) is 12.1 Å². The summed E-state index contributed by atoms with van der Waals surface area (Å²) in [6, 6.07) is 4.31. The van der Waals surface area contributed by atoms with Crippen molar-refractivity contribution in [3.05, 3.63) is 40.5 Å². The van der Waals surface area contributed by atoms with E-state index in [1.807, 2.05) is 29.5 Å². The van der Waals surface area contributed by atoms with Crippen LogP contribution in [0.25, 0.3) is 0 Å². The topological polar surface area (TPSA) is 61.4 Å². The van der Waals surface area contributed by atoms with Gasteiger partial charge in [-0.3, -0.25) is 4.79 Å². The van der Waals surface area contributed by atoms with E-state index in [0.29, 0.717) is 24.7 Å². The van der Waals surface area contributed by atoms with Crippen LogP contribution in [0.3, 0.4) is 0 Å². The van der Waals surface area contributed by atoms with Gasteiger partial charge in [-0.1, -0.05) is 6.42 Å². The fourth-order valence-corrected chi connectivity index (χ4v) is 3.99. The summed E-state index contributed by atoms with van der Waals surface area (Å²) in [6.07, 6.45) is 8.27. The third-order valence-electron chi connectivity index (χ3n) is 4.94. The molecule has 7 heteroatoms. The molecule has 0 bridgehead atoms. The Kier molecular flexibility index (Phi) is 6.57. The predicted molar refractivity (Wildman–Crippen MR) is 106 cm³/mol. The number of aromatic nitrogens is 2. The van der Waals surface area contributed by atoms with Gasteiger partial charge in [0.2, 0.25) is 0 Å². The van der Waals surface area contributed by atoms with Crippen LogP contribution >= 0.6 is 11.3 Å². The van der Waals surface area contributed by atoms with Crippen LogP contribution in [0.4, 0.5) is 5.82 Å². The standard InChI is InChI=1S/C19H27N5OS/c1-23-11-4-3-5-16(23)8-9-21-19(25)15-6-7-17(22-13-15)24(2)14-18-20-10-12-26-18/h6-7,10,12-13,16H,3-5,8-9,11,14H2,1-2H3,(H,21,25)/t16-/m0/s1. The molecule has 0 aliphatic carbocycles. The third kappa shape index (κ3) is 5.02. The van der Waals surface area contributed by atoms with Crippen LogP contribution in [0.5, 0.6) is 0 Å². The minimum atomic E-state index is -0.0508. The molecule has 2 aromatic rings. The summed E-state index contributed by atoms with van der Waals surface area (Å²) >= 11 is 1.63. The van der Waals surface area contributed by atoms with Gasteiger partial charge < -0.3 is 15.1 Å². The zero-order chi connectivity index (χ0) is 18.4. The molecule has 140 valence electrons. The molecule has 6 nitrogen and oxygen atoms in total. The van der Waals surface area contributed by atoms with Gasteiger partial charge in [0.25, 0.3) is 5.91 Å². The monoisotopic (exact) mass is 373 g/mol. The van der Waals surface area contributed by atoms with Crippen LogP contribution in [-0.2, 0) is 6.54 Å². The van der Waals surface area contributed by atoms with E-state index in [4.69, 9.17) is 0 Å². The first-order valence-corrected chi connectivity index (χ1v) is 10.1. The molecule has 1 aliphatic heterocycles. The summed E-state index contributed by atoms with van der Waals surface area (Å²) in [6.45, 7) is 2.59. The number of carbonyl (C=O) groups excluding carboxylic acids is 1. The van der Waals surface area contributed by atoms with Gasteiger partial charge in [-0.05, 0) is 45.0 Å². The minimum absolute atomic E-state index is 0.0508. The lowest BCUT2D eigenvalue weighted by atomic mass is 10.0. The summed E-state index contributed by atoms with van der Waals surface area (Å²) in [7, 11) is 4.15. The molecular formula is C19H27N5OS. The van der Waals surface area contributed by atoms with E-state index >= 15 is 0 Å². The molecule has 26 heavy (non-hydrogen) atoms. The van der Waals surface area contributed by atoms with Gasteiger partial charge in [0.1, 0.15) is 10.8 Å². The summed E-state index contributed by atoms with van der Waals surface area (Å²) < 4.78 is 0. The summed E-state index contributed by atoms with van der Waals surface area (Å²) in [5, 5.41) is 6.04. The van der Waals surface area contributed by atoms with Crippen molar-refractivity contribution in [1.82, 2.24) is 20.2 Å². The highest BCUT2D eigenvalue weighted by Gasteiger charge is 2.18. The van der Waals surface area contributed by atoms with E-state index in [9.17, 15) is 4.79 Å². The summed E-state index contributed by atoms with van der Waals surface area (Å²) in [5.41, 5.74) is 0.605. The Balaban J connectivity index is 1.47. The van der Waals surface area contributed by atoms with E-state index in [-0.39, 0.29) is 5.91 Å². The van der Waals surface area contributed by atoms with Crippen molar-refractivity contribution in [2.24, 2.45) is 0 Å². The first kappa shape index (κ1) is 18.8. The number of thiazole rings is 1. The Morgan fingerprint density at radius 1 is 1.38 bits per heavy atom. The summed E-state index contributed by atoms with van der Waals surface area (Å²) in [4.78, 5) is 25.5. The van der Waals surface area contributed by atoms with Crippen molar-refractivity contribution in [1.29, 1.82) is 0 Å². The molecule has 2 aromatic heterocycles. The number of likely N-dealkylation sites (tertiary alicyclic amines) is 1. The number of nitrogens with zero attached hydrogens (tertiary/aromatic N) is 4. The van der Waals surface area contributed by atoms with Gasteiger partial charge in [-0.15, -0.1) is 11.3 Å². The van der Waals surface area contributed by atoms with Gasteiger partial charge in [-0.25, -0.2) is 9.97 Å². The maximum Gasteiger partial charge on any atom is 0.252 e. The number of carbonyl (C=O) groups is 1. The molecule has 1 aliphatic rings. The van der Waals surface area contributed by atoms with E-state index < -0.39 is 0 Å². The highest BCUT2D eigenvalue weighted by Crippen LogP contribution is 2.17. The van der Waals surface area contributed by atoms with Gasteiger partial charge in [0.15, 0.2) is 0 Å². The van der Waals surface area contributed by atoms with Crippen molar-refractivity contribution in [2.75, 3.05) is 32.1 Å². The second kappa shape index (κ2) is 9.09. The van der Waals surface area contributed by atoms with Gasteiger partial charge >= 0.3 is 0 Å². The first-order chi connectivity index (χ1) is 12.6. The highest BCUT2D eigenvalue weighted by atomic mass is 32.1. The molecule has 1 N–H and O–H groups in total. The van der Waals surface area contributed by atoms with Gasteiger partial charge in [-0.2, -0.15) is 0 Å². The van der Waals surface area contributed by atoms with E-state index in [1.54, 1.807) is 23.7 Å². The number of hydrogen-bond donors (Lipinski definition) is 1. The average molecular weight is 374 g/mol. The van der Waals surface area contributed by atoms with E-state index in [1.165, 1.54) is 25.8 Å². The fourth-order valence-electron chi connectivity index (χ4n) is 3.32. The van der Waals surface area contributed by atoms with Crippen LogP contribution < -0.4 is 10.2 Å².